The highest BCUT2D eigenvalue weighted by Crippen LogP contribution is 2.09. The first-order valence-electron chi connectivity index (χ1n) is 3.60. The average molecular weight is 133 g/mol. The summed E-state index contributed by atoms with van der Waals surface area (Å²) in [5.41, 5.74) is 4.00. The molecule has 0 bridgehead atoms. The van der Waals surface area contributed by atoms with Gasteiger partial charge in [-0.1, -0.05) is 36.2 Å². The number of aryl methyl sites for hydroxylation is 2. The van der Waals surface area contributed by atoms with E-state index in [0.717, 1.165) is 0 Å². The molecule has 1 radical (unpaired) electrons. The summed E-state index contributed by atoms with van der Waals surface area (Å²) in [5.74, 6) is 0. The Labute approximate surface area is 62.9 Å². The topological polar surface area (TPSA) is 0 Å². The summed E-state index contributed by atoms with van der Waals surface area (Å²) in [7, 11) is 0. The standard InChI is InChI=1S/C10H13/c1-4-10-6-8(2)5-9(3)7-10/h4-7H,1-3H3. The number of rotatable bonds is 1. The Balaban J connectivity index is 3.06. The van der Waals surface area contributed by atoms with Gasteiger partial charge in [-0.2, -0.15) is 0 Å². The van der Waals surface area contributed by atoms with Crippen molar-refractivity contribution in [3.05, 3.63) is 41.3 Å². The van der Waals surface area contributed by atoms with Crippen molar-refractivity contribution in [2.75, 3.05) is 0 Å². The predicted molar refractivity (Wildman–Crippen MR) is 45.0 cm³/mol. The Bertz CT molecular complexity index is 203. The van der Waals surface area contributed by atoms with Crippen molar-refractivity contribution in [1.29, 1.82) is 0 Å². The Morgan fingerprint density at radius 1 is 1.00 bits per heavy atom. The smallest absolute Gasteiger partial charge is 0.0124 e. The minimum Gasteiger partial charge on any atom is -0.0578 e. The molecular formula is C10H13. The maximum atomic E-state index is 2.19. The molecule has 1 rings (SSSR count). The molecule has 0 aliphatic carbocycles. The molecule has 0 aromatic heterocycles. The van der Waals surface area contributed by atoms with Gasteiger partial charge in [-0.05, 0) is 25.8 Å². The Morgan fingerprint density at radius 2 is 1.50 bits per heavy atom. The summed E-state index contributed by atoms with van der Waals surface area (Å²) in [6.45, 7) is 6.31. The van der Waals surface area contributed by atoms with E-state index in [-0.39, 0.29) is 0 Å². The maximum absolute atomic E-state index is 2.19. The maximum Gasteiger partial charge on any atom is -0.0124 e. The first-order chi connectivity index (χ1) is 4.72. The predicted octanol–water partition coefficient (Wildman–Crippen LogP) is 2.88. The van der Waals surface area contributed by atoms with Crippen molar-refractivity contribution in [1.82, 2.24) is 0 Å². The van der Waals surface area contributed by atoms with E-state index in [1.165, 1.54) is 16.7 Å². The van der Waals surface area contributed by atoms with E-state index in [9.17, 15) is 0 Å². The van der Waals surface area contributed by atoms with Crippen molar-refractivity contribution >= 4 is 0 Å². The fourth-order valence-corrected chi connectivity index (χ4v) is 1.18. The lowest BCUT2D eigenvalue weighted by Crippen LogP contribution is -1.81. The molecule has 0 unspecified atom stereocenters. The van der Waals surface area contributed by atoms with Gasteiger partial charge in [-0.25, -0.2) is 0 Å². The average Bonchev–Trinajstić information content (AvgIpc) is 1.85. The van der Waals surface area contributed by atoms with Gasteiger partial charge in [0.25, 0.3) is 0 Å². The highest BCUT2D eigenvalue weighted by Gasteiger charge is 1.91. The quantitative estimate of drug-likeness (QED) is 0.552. The summed E-state index contributed by atoms with van der Waals surface area (Å²) >= 11 is 0. The monoisotopic (exact) mass is 133 g/mol. The molecule has 0 amide bonds. The van der Waals surface area contributed by atoms with Gasteiger partial charge in [0.15, 0.2) is 0 Å². The molecule has 0 aliphatic heterocycles. The van der Waals surface area contributed by atoms with E-state index in [0.29, 0.717) is 0 Å². The Kier molecular flexibility index (Phi) is 2.10. The molecule has 0 heteroatoms. The summed E-state index contributed by atoms with van der Waals surface area (Å²) in [5, 5.41) is 0. The lowest BCUT2D eigenvalue weighted by molar-refractivity contribution is 1.31. The first-order valence-corrected chi connectivity index (χ1v) is 3.60. The lowest BCUT2D eigenvalue weighted by atomic mass is 10.1. The third-order valence-electron chi connectivity index (χ3n) is 1.58. The van der Waals surface area contributed by atoms with Gasteiger partial charge in [-0.3, -0.25) is 0 Å². The van der Waals surface area contributed by atoms with Gasteiger partial charge in [0.2, 0.25) is 0 Å². The van der Waals surface area contributed by atoms with E-state index < -0.39 is 0 Å². The summed E-state index contributed by atoms with van der Waals surface area (Å²) in [6.07, 6.45) is 2.12. The summed E-state index contributed by atoms with van der Waals surface area (Å²) in [4.78, 5) is 0. The van der Waals surface area contributed by atoms with Crippen molar-refractivity contribution in [3.8, 4) is 0 Å². The van der Waals surface area contributed by atoms with E-state index in [1.54, 1.807) is 0 Å². The van der Waals surface area contributed by atoms with Gasteiger partial charge in [-0.15, -0.1) is 0 Å². The zero-order chi connectivity index (χ0) is 7.56. The zero-order valence-corrected chi connectivity index (χ0v) is 6.81. The van der Waals surface area contributed by atoms with Gasteiger partial charge in [0, 0.05) is 0 Å². The van der Waals surface area contributed by atoms with Crippen molar-refractivity contribution in [2.45, 2.75) is 20.8 Å². The van der Waals surface area contributed by atoms with Crippen LogP contribution in [0.3, 0.4) is 0 Å². The lowest BCUT2D eigenvalue weighted by Gasteiger charge is -2.00. The van der Waals surface area contributed by atoms with Crippen LogP contribution in [0.4, 0.5) is 0 Å². The van der Waals surface area contributed by atoms with E-state index in [1.807, 2.05) is 0 Å². The molecule has 0 saturated heterocycles. The van der Waals surface area contributed by atoms with E-state index >= 15 is 0 Å². The minimum atomic E-state index is 1.32. The molecule has 0 N–H and O–H groups in total. The highest BCUT2D eigenvalue weighted by molar-refractivity contribution is 5.32. The van der Waals surface area contributed by atoms with Crippen LogP contribution in [0.15, 0.2) is 18.2 Å². The Hall–Kier alpha value is -0.780. The van der Waals surface area contributed by atoms with Gasteiger partial charge in [0.1, 0.15) is 0 Å². The van der Waals surface area contributed by atoms with E-state index in [2.05, 4.69) is 45.4 Å². The van der Waals surface area contributed by atoms with E-state index in [4.69, 9.17) is 0 Å². The number of hydrogen-bond donors (Lipinski definition) is 0. The molecule has 10 heavy (non-hydrogen) atoms. The first kappa shape index (κ1) is 7.33. The van der Waals surface area contributed by atoms with Crippen LogP contribution >= 0.6 is 0 Å². The molecule has 0 nitrogen and oxygen atoms in total. The third-order valence-corrected chi connectivity index (χ3v) is 1.58. The molecule has 1 aromatic carbocycles. The molecule has 53 valence electrons. The normalized spacial score (nSPS) is 9.90. The second kappa shape index (κ2) is 2.87. The molecule has 0 fully saturated rings. The van der Waals surface area contributed by atoms with Gasteiger partial charge < -0.3 is 0 Å². The molecule has 0 spiro atoms. The second-order valence-electron chi connectivity index (χ2n) is 2.71. The Morgan fingerprint density at radius 3 is 1.90 bits per heavy atom. The highest BCUT2D eigenvalue weighted by atomic mass is 14.0. The van der Waals surface area contributed by atoms with Gasteiger partial charge in [0.05, 0.1) is 0 Å². The third kappa shape index (κ3) is 1.60. The van der Waals surface area contributed by atoms with Crippen LogP contribution in [0.2, 0.25) is 0 Å². The minimum absolute atomic E-state index is 1.32. The fraction of sp³-hybridized carbons (Fsp3) is 0.300. The SMILES string of the molecule is C[CH]c1cc(C)cc(C)c1. The summed E-state index contributed by atoms with van der Waals surface area (Å²) < 4.78 is 0. The van der Waals surface area contributed by atoms with Crippen LogP contribution < -0.4 is 0 Å². The van der Waals surface area contributed by atoms with Crippen LogP contribution in [0.1, 0.15) is 23.6 Å². The fourth-order valence-electron chi connectivity index (χ4n) is 1.18. The van der Waals surface area contributed by atoms with Crippen molar-refractivity contribution in [2.24, 2.45) is 0 Å². The van der Waals surface area contributed by atoms with Crippen LogP contribution in [0.25, 0.3) is 0 Å². The number of benzene rings is 1. The summed E-state index contributed by atoms with van der Waals surface area (Å²) in [6, 6.07) is 6.56. The molecule has 0 saturated carbocycles. The molecule has 1 aromatic rings. The van der Waals surface area contributed by atoms with Crippen LogP contribution in [-0.2, 0) is 0 Å². The second-order valence-corrected chi connectivity index (χ2v) is 2.71. The molecule has 0 aliphatic rings. The molecule has 0 atom stereocenters. The zero-order valence-electron chi connectivity index (χ0n) is 6.81. The van der Waals surface area contributed by atoms with Gasteiger partial charge >= 0.3 is 0 Å². The van der Waals surface area contributed by atoms with Crippen molar-refractivity contribution < 1.29 is 0 Å². The van der Waals surface area contributed by atoms with Crippen molar-refractivity contribution in [3.63, 3.8) is 0 Å². The molecule has 0 heterocycles. The van der Waals surface area contributed by atoms with Crippen LogP contribution in [-0.4, -0.2) is 0 Å². The molecular weight excluding hydrogens is 120 g/mol. The van der Waals surface area contributed by atoms with Crippen LogP contribution in [0.5, 0.6) is 0 Å². The largest absolute Gasteiger partial charge is 0.0578 e. The van der Waals surface area contributed by atoms with Crippen LogP contribution in [0, 0.1) is 20.3 Å². The number of hydrogen-bond acceptors (Lipinski definition) is 0.